The number of ether oxygens (including phenoxy) is 1. The topological polar surface area (TPSA) is 66.9 Å². The molecule has 0 bridgehead atoms. The van der Waals surface area contributed by atoms with Crippen molar-refractivity contribution in [2.45, 2.75) is 36.5 Å². The van der Waals surface area contributed by atoms with Crippen LogP contribution in [0.15, 0.2) is 53.4 Å². The Balaban J connectivity index is 1.52. The van der Waals surface area contributed by atoms with Crippen molar-refractivity contribution < 1.29 is 17.9 Å². The standard InChI is InChI=1S/C23H28N2O4S/c1-29-21-10-9-20(17-22(21)30(27,28)25-13-5-6-14-25)23(26)24-15-11-19(12-16-24)18-7-3-2-4-8-18/h2-4,7-10,17,19H,5-6,11-16H2,1H3. The highest BCUT2D eigenvalue weighted by Gasteiger charge is 2.32. The fraction of sp³-hybridized carbons (Fsp3) is 0.435. The van der Waals surface area contributed by atoms with Crippen LogP contribution >= 0.6 is 0 Å². The van der Waals surface area contributed by atoms with E-state index in [2.05, 4.69) is 12.1 Å². The van der Waals surface area contributed by atoms with E-state index in [9.17, 15) is 13.2 Å². The monoisotopic (exact) mass is 428 g/mol. The Morgan fingerprint density at radius 3 is 2.27 bits per heavy atom. The lowest BCUT2D eigenvalue weighted by atomic mass is 9.89. The predicted octanol–water partition coefficient (Wildman–Crippen LogP) is 3.50. The maximum absolute atomic E-state index is 13.1. The van der Waals surface area contributed by atoms with Gasteiger partial charge in [-0.2, -0.15) is 4.31 Å². The van der Waals surface area contributed by atoms with Crippen LogP contribution in [-0.2, 0) is 10.0 Å². The van der Waals surface area contributed by atoms with Gasteiger partial charge in [0.1, 0.15) is 10.6 Å². The summed E-state index contributed by atoms with van der Waals surface area (Å²) in [5.41, 5.74) is 1.71. The van der Waals surface area contributed by atoms with E-state index in [0.717, 1.165) is 25.7 Å². The summed E-state index contributed by atoms with van der Waals surface area (Å²) in [6, 6.07) is 15.1. The molecular formula is C23H28N2O4S. The third kappa shape index (κ3) is 4.09. The van der Waals surface area contributed by atoms with Gasteiger partial charge in [-0.25, -0.2) is 8.42 Å². The van der Waals surface area contributed by atoms with Crippen LogP contribution in [0.1, 0.15) is 47.5 Å². The lowest BCUT2D eigenvalue weighted by molar-refractivity contribution is 0.0712. The lowest BCUT2D eigenvalue weighted by Gasteiger charge is -2.32. The Bertz CT molecular complexity index is 993. The molecule has 0 radical (unpaired) electrons. The van der Waals surface area contributed by atoms with Crippen LogP contribution in [0.3, 0.4) is 0 Å². The van der Waals surface area contributed by atoms with Gasteiger partial charge < -0.3 is 9.64 Å². The molecule has 0 N–H and O–H groups in total. The van der Waals surface area contributed by atoms with Crippen LogP contribution in [0.4, 0.5) is 0 Å². The van der Waals surface area contributed by atoms with Crippen molar-refractivity contribution in [1.82, 2.24) is 9.21 Å². The summed E-state index contributed by atoms with van der Waals surface area (Å²) in [5, 5.41) is 0. The third-order valence-electron chi connectivity index (χ3n) is 6.15. The second-order valence-corrected chi connectivity index (χ2v) is 9.86. The molecule has 2 saturated heterocycles. The van der Waals surface area contributed by atoms with Gasteiger partial charge in [0.05, 0.1) is 7.11 Å². The number of piperidine rings is 1. The minimum absolute atomic E-state index is 0.0805. The number of rotatable bonds is 5. The van der Waals surface area contributed by atoms with E-state index < -0.39 is 10.0 Å². The fourth-order valence-corrected chi connectivity index (χ4v) is 6.10. The number of hydrogen-bond donors (Lipinski definition) is 0. The summed E-state index contributed by atoms with van der Waals surface area (Å²) >= 11 is 0. The van der Waals surface area contributed by atoms with E-state index in [4.69, 9.17) is 4.74 Å². The van der Waals surface area contributed by atoms with Crippen molar-refractivity contribution >= 4 is 15.9 Å². The predicted molar refractivity (Wildman–Crippen MR) is 115 cm³/mol. The van der Waals surface area contributed by atoms with Crippen molar-refractivity contribution in [3.05, 3.63) is 59.7 Å². The van der Waals surface area contributed by atoms with E-state index in [1.165, 1.54) is 23.0 Å². The molecule has 2 aliphatic rings. The van der Waals surface area contributed by atoms with E-state index >= 15 is 0 Å². The normalized spacial score (nSPS) is 18.5. The zero-order valence-corrected chi connectivity index (χ0v) is 18.1. The van der Waals surface area contributed by atoms with Crippen LogP contribution in [0.25, 0.3) is 0 Å². The highest BCUT2D eigenvalue weighted by molar-refractivity contribution is 7.89. The molecule has 0 unspecified atom stereocenters. The zero-order chi connectivity index (χ0) is 21.1. The summed E-state index contributed by atoms with van der Waals surface area (Å²) in [6.45, 7) is 2.35. The zero-order valence-electron chi connectivity index (χ0n) is 17.3. The second-order valence-electron chi connectivity index (χ2n) is 7.95. The summed E-state index contributed by atoms with van der Waals surface area (Å²) in [4.78, 5) is 15.0. The van der Waals surface area contributed by atoms with Crippen molar-refractivity contribution in [3.8, 4) is 5.75 Å². The quantitative estimate of drug-likeness (QED) is 0.731. The van der Waals surface area contributed by atoms with Crippen molar-refractivity contribution in [2.75, 3.05) is 33.3 Å². The van der Waals surface area contributed by atoms with Gasteiger partial charge in [-0.15, -0.1) is 0 Å². The molecule has 2 heterocycles. The van der Waals surface area contributed by atoms with E-state index in [1.807, 2.05) is 23.1 Å². The molecule has 160 valence electrons. The van der Waals surface area contributed by atoms with Crippen molar-refractivity contribution in [2.24, 2.45) is 0 Å². The van der Waals surface area contributed by atoms with Gasteiger partial charge in [-0.1, -0.05) is 30.3 Å². The fourth-order valence-electron chi connectivity index (χ4n) is 4.40. The first kappa shape index (κ1) is 20.9. The number of methoxy groups -OCH3 is 1. The highest BCUT2D eigenvalue weighted by atomic mass is 32.2. The average Bonchev–Trinajstić information content (AvgIpc) is 3.35. The van der Waals surface area contributed by atoms with Crippen LogP contribution < -0.4 is 4.74 Å². The maximum atomic E-state index is 13.1. The Morgan fingerprint density at radius 1 is 0.967 bits per heavy atom. The highest BCUT2D eigenvalue weighted by Crippen LogP contribution is 2.32. The number of sulfonamides is 1. The SMILES string of the molecule is COc1ccc(C(=O)N2CCC(c3ccccc3)CC2)cc1S(=O)(=O)N1CCCC1. The van der Waals surface area contributed by atoms with Gasteiger partial charge in [0.15, 0.2) is 0 Å². The number of carbonyl (C=O) groups excluding carboxylic acids is 1. The number of hydrogen-bond acceptors (Lipinski definition) is 4. The minimum atomic E-state index is -3.68. The molecule has 30 heavy (non-hydrogen) atoms. The molecule has 2 aliphatic heterocycles. The molecule has 2 fully saturated rings. The molecule has 4 rings (SSSR count). The Hall–Kier alpha value is -2.38. The maximum Gasteiger partial charge on any atom is 0.253 e. The molecule has 6 nitrogen and oxygen atoms in total. The molecule has 1 amide bonds. The van der Waals surface area contributed by atoms with Gasteiger partial charge in [0.2, 0.25) is 10.0 Å². The van der Waals surface area contributed by atoms with Gasteiger partial charge in [0, 0.05) is 31.7 Å². The van der Waals surface area contributed by atoms with Crippen molar-refractivity contribution in [3.63, 3.8) is 0 Å². The number of carbonyl (C=O) groups is 1. The Kier molecular flexibility index (Phi) is 6.11. The van der Waals surface area contributed by atoms with E-state index in [1.54, 1.807) is 12.1 Å². The van der Waals surface area contributed by atoms with Gasteiger partial charge in [-0.05, 0) is 55.4 Å². The van der Waals surface area contributed by atoms with Crippen molar-refractivity contribution in [1.29, 1.82) is 0 Å². The molecule has 0 aromatic heterocycles. The van der Waals surface area contributed by atoms with Crippen LogP contribution in [0, 0.1) is 0 Å². The molecular weight excluding hydrogens is 400 g/mol. The number of benzene rings is 2. The smallest absolute Gasteiger partial charge is 0.253 e. The summed E-state index contributed by atoms with van der Waals surface area (Å²) in [7, 11) is -2.22. The van der Waals surface area contributed by atoms with Crippen LogP contribution in [0.5, 0.6) is 5.75 Å². The Labute approximate surface area is 178 Å². The number of amides is 1. The summed E-state index contributed by atoms with van der Waals surface area (Å²) in [5.74, 6) is 0.612. The first-order valence-electron chi connectivity index (χ1n) is 10.5. The van der Waals surface area contributed by atoms with Crippen LogP contribution in [0.2, 0.25) is 0 Å². The Morgan fingerprint density at radius 2 is 1.63 bits per heavy atom. The minimum Gasteiger partial charge on any atom is -0.495 e. The molecule has 2 aromatic carbocycles. The molecule has 7 heteroatoms. The first-order chi connectivity index (χ1) is 14.5. The molecule has 0 saturated carbocycles. The first-order valence-corrected chi connectivity index (χ1v) is 12.0. The van der Waals surface area contributed by atoms with E-state index in [-0.39, 0.29) is 16.6 Å². The number of likely N-dealkylation sites (tertiary alicyclic amines) is 1. The van der Waals surface area contributed by atoms with Crippen LogP contribution in [-0.4, -0.2) is 56.8 Å². The van der Waals surface area contributed by atoms with Gasteiger partial charge >= 0.3 is 0 Å². The molecule has 0 aliphatic carbocycles. The average molecular weight is 429 g/mol. The van der Waals surface area contributed by atoms with E-state index in [0.29, 0.717) is 37.7 Å². The largest absolute Gasteiger partial charge is 0.495 e. The molecule has 0 spiro atoms. The second kappa shape index (κ2) is 8.78. The van der Waals surface area contributed by atoms with Gasteiger partial charge in [-0.3, -0.25) is 4.79 Å². The summed E-state index contributed by atoms with van der Waals surface area (Å²) in [6.07, 6.45) is 3.53. The lowest BCUT2D eigenvalue weighted by Crippen LogP contribution is -2.38. The summed E-state index contributed by atoms with van der Waals surface area (Å²) < 4.78 is 33.0. The number of nitrogens with zero attached hydrogens (tertiary/aromatic N) is 2. The third-order valence-corrected chi connectivity index (χ3v) is 8.07. The molecule has 0 atom stereocenters. The van der Waals surface area contributed by atoms with Gasteiger partial charge in [0.25, 0.3) is 5.91 Å². The molecule has 2 aromatic rings.